The van der Waals surface area contributed by atoms with E-state index in [2.05, 4.69) is 130 Å². The molecule has 10 rings (SSSR count). The number of benzene rings is 6. The molecule has 0 aliphatic rings. The molecule has 0 N–H and O–H groups in total. The molecule has 0 fully saturated rings. The molecule has 236 valence electrons. The zero-order chi connectivity index (χ0) is 33.3. The summed E-state index contributed by atoms with van der Waals surface area (Å²) in [7, 11) is 0. The minimum absolute atomic E-state index is 0.238. The molecule has 0 amide bonds. The summed E-state index contributed by atoms with van der Waals surface area (Å²) in [5.74, 6) is 0. The van der Waals surface area contributed by atoms with E-state index in [1.807, 2.05) is 53.1 Å². The van der Waals surface area contributed by atoms with E-state index in [-0.39, 0.29) is 5.69 Å². The molecule has 6 aromatic carbocycles. The van der Waals surface area contributed by atoms with Crippen LogP contribution >= 0.6 is 12.2 Å². The van der Waals surface area contributed by atoms with Gasteiger partial charge in [-0.1, -0.05) is 78.9 Å². The summed E-state index contributed by atoms with van der Waals surface area (Å²) in [6.07, 6.45) is 1.92. The Labute approximate surface area is 291 Å². The van der Waals surface area contributed by atoms with Crippen LogP contribution in [0.25, 0.3) is 72.0 Å². The average Bonchev–Trinajstić information content (AvgIpc) is 3.68. The molecule has 10 aromatic rings. The summed E-state index contributed by atoms with van der Waals surface area (Å²) in [5.41, 5.74) is 8.41. The molecule has 0 unspecified atom stereocenters. The Hall–Kier alpha value is -6.57. The van der Waals surface area contributed by atoms with Gasteiger partial charge in [-0.3, -0.25) is 0 Å². The average molecular weight is 663 g/mol. The predicted molar refractivity (Wildman–Crippen MR) is 204 cm³/mol. The molecule has 0 spiro atoms. The highest BCUT2D eigenvalue weighted by molar-refractivity contribution is 7.71. The maximum absolute atomic E-state index is 14.9. The van der Waals surface area contributed by atoms with Gasteiger partial charge in [-0.25, -0.2) is 4.79 Å². The van der Waals surface area contributed by atoms with Crippen LogP contribution in [0.4, 0.5) is 0 Å². The zero-order valence-corrected chi connectivity index (χ0v) is 27.5. The highest BCUT2D eigenvalue weighted by Crippen LogP contribution is 2.35. The van der Waals surface area contributed by atoms with Crippen LogP contribution in [0.1, 0.15) is 0 Å². The number of hydrogen-bond donors (Lipinski definition) is 0. The molecular formula is C43H28N5OS+. The van der Waals surface area contributed by atoms with Crippen LogP contribution in [0.2, 0.25) is 0 Å². The van der Waals surface area contributed by atoms with Crippen molar-refractivity contribution in [2.45, 2.75) is 0 Å². The second-order valence-electron chi connectivity index (χ2n) is 12.4. The normalized spacial score (nSPS) is 11.8. The van der Waals surface area contributed by atoms with E-state index in [1.54, 1.807) is 9.13 Å². The number of pyridine rings is 1. The molecule has 0 aliphatic heterocycles. The number of hydrogen-bond acceptors (Lipinski definition) is 2. The predicted octanol–water partition coefficient (Wildman–Crippen LogP) is 9.29. The van der Waals surface area contributed by atoms with Crippen LogP contribution < -0.4 is 10.1 Å². The van der Waals surface area contributed by atoms with Crippen LogP contribution in [0.3, 0.4) is 0 Å². The van der Waals surface area contributed by atoms with Crippen molar-refractivity contribution in [3.05, 3.63) is 185 Å². The van der Waals surface area contributed by atoms with Gasteiger partial charge in [-0.2, -0.15) is 13.5 Å². The van der Waals surface area contributed by atoms with Gasteiger partial charge in [0.2, 0.25) is 5.65 Å². The Morgan fingerprint density at radius 3 is 1.42 bits per heavy atom. The Balaban J connectivity index is 1.24. The third kappa shape index (κ3) is 4.11. The third-order valence-electron chi connectivity index (χ3n) is 9.70. The molecule has 0 aliphatic carbocycles. The van der Waals surface area contributed by atoms with E-state index < -0.39 is 0 Å². The van der Waals surface area contributed by atoms with E-state index in [1.165, 1.54) is 0 Å². The van der Waals surface area contributed by atoms with Gasteiger partial charge in [-0.15, -0.1) is 0 Å². The molecule has 7 heteroatoms. The Morgan fingerprint density at radius 2 is 0.860 bits per heavy atom. The maximum Gasteiger partial charge on any atom is 0.456 e. The molecule has 4 aromatic heterocycles. The standard InChI is InChI=1S/C43H28N5OS/c49-42-47(31-22-24-39-35(27-31)33-17-7-9-19-37(33)45(39)29-13-3-1-4-14-29)41-21-11-12-26-44(41)43(50)48(42)32-23-25-40-36(28-32)34-18-8-10-20-38(34)46(40)30-15-5-2-6-16-30/h1-28H/q+1. The lowest BCUT2D eigenvalue weighted by molar-refractivity contribution is -0.529. The Morgan fingerprint density at radius 1 is 0.400 bits per heavy atom. The zero-order valence-electron chi connectivity index (χ0n) is 26.7. The van der Waals surface area contributed by atoms with Gasteiger partial charge in [0.25, 0.3) is 0 Å². The van der Waals surface area contributed by atoms with Crippen LogP contribution in [-0.2, 0) is 0 Å². The fourth-order valence-corrected chi connectivity index (χ4v) is 7.88. The molecule has 0 saturated carbocycles. The molecule has 50 heavy (non-hydrogen) atoms. The molecule has 6 nitrogen and oxygen atoms in total. The highest BCUT2D eigenvalue weighted by atomic mass is 32.1. The first-order valence-corrected chi connectivity index (χ1v) is 16.9. The van der Waals surface area contributed by atoms with Gasteiger partial charge in [0.1, 0.15) is 11.4 Å². The largest absolute Gasteiger partial charge is 0.456 e. The second kappa shape index (κ2) is 11.0. The van der Waals surface area contributed by atoms with Crippen molar-refractivity contribution in [2.75, 3.05) is 0 Å². The smallest absolute Gasteiger partial charge is 0.309 e. The van der Waals surface area contributed by atoms with Crippen molar-refractivity contribution in [1.82, 2.24) is 18.3 Å². The summed E-state index contributed by atoms with van der Waals surface area (Å²) in [5, 5.41) is 4.33. The lowest BCUT2D eigenvalue weighted by Crippen LogP contribution is -2.41. The minimum atomic E-state index is -0.238. The lowest BCUT2D eigenvalue weighted by atomic mass is 10.1. The van der Waals surface area contributed by atoms with E-state index in [0.29, 0.717) is 16.1 Å². The van der Waals surface area contributed by atoms with Gasteiger partial charge in [0, 0.05) is 39.0 Å². The van der Waals surface area contributed by atoms with Crippen molar-refractivity contribution < 1.29 is 4.40 Å². The van der Waals surface area contributed by atoms with Gasteiger partial charge in [0.15, 0.2) is 0 Å². The maximum atomic E-state index is 14.9. The Kier molecular flexibility index (Phi) is 6.25. The first-order valence-electron chi connectivity index (χ1n) is 16.5. The first-order chi connectivity index (χ1) is 24.7. The van der Waals surface area contributed by atoms with Crippen molar-refractivity contribution in [3.8, 4) is 22.7 Å². The van der Waals surface area contributed by atoms with Crippen LogP contribution in [0.15, 0.2) is 175 Å². The van der Waals surface area contributed by atoms with Crippen molar-refractivity contribution in [2.24, 2.45) is 0 Å². The van der Waals surface area contributed by atoms with E-state index in [9.17, 15) is 4.79 Å². The molecule has 0 radical (unpaired) electrons. The highest BCUT2D eigenvalue weighted by Gasteiger charge is 2.24. The van der Waals surface area contributed by atoms with Gasteiger partial charge in [-0.05, 0) is 91.1 Å². The summed E-state index contributed by atoms with van der Waals surface area (Å²) in [6, 6.07) is 55.8. The minimum Gasteiger partial charge on any atom is -0.309 e. The summed E-state index contributed by atoms with van der Waals surface area (Å²) >= 11 is 6.07. The monoisotopic (exact) mass is 662 g/mol. The van der Waals surface area contributed by atoms with Crippen LogP contribution in [0, 0.1) is 4.77 Å². The fourth-order valence-electron chi connectivity index (χ4n) is 7.54. The van der Waals surface area contributed by atoms with Crippen LogP contribution in [0.5, 0.6) is 0 Å². The number of nitrogens with zero attached hydrogens (tertiary/aromatic N) is 5. The summed E-state index contributed by atoms with van der Waals surface area (Å²) < 4.78 is 10.3. The number of fused-ring (bicyclic) bond motifs is 7. The fraction of sp³-hybridized carbons (Fsp3) is 0. The molecule has 0 saturated heterocycles. The van der Waals surface area contributed by atoms with E-state index in [0.717, 1.165) is 60.7 Å². The van der Waals surface area contributed by atoms with Gasteiger partial charge in [0.05, 0.1) is 28.3 Å². The SMILES string of the molecule is O=c1n(-c2ccc3c(c2)c2ccccc2n3-c2ccccc2)c(=S)[n+]2ccccc2n1-c1ccc2c(c1)c1ccccc1n2-c1ccccc1. The first kappa shape index (κ1) is 28.4. The summed E-state index contributed by atoms with van der Waals surface area (Å²) in [6.45, 7) is 0. The third-order valence-corrected chi connectivity index (χ3v) is 10.1. The molecule has 0 atom stereocenters. The van der Waals surface area contributed by atoms with E-state index in [4.69, 9.17) is 12.2 Å². The topological polar surface area (TPSA) is 40.9 Å². The second-order valence-corrected chi connectivity index (χ2v) is 12.8. The number of para-hydroxylation sites is 4. The lowest BCUT2D eigenvalue weighted by Gasteiger charge is -2.11. The van der Waals surface area contributed by atoms with Crippen LogP contribution in [-0.4, -0.2) is 18.3 Å². The molecular weight excluding hydrogens is 635 g/mol. The van der Waals surface area contributed by atoms with Crippen molar-refractivity contribution in [1.29, 1.82) is 0 Å². The Bertz CT molecular complexity index is 3080. The van der Waals surface area contributed by atoms with Crippen molar-refractivity contribution in [3.63, 3.8) is 0 Å². The number of rotatable bonds is 4. The number of aromatic nitrogens is 5. The molecule has 4 heterocycles. The quantitative estimate of drug-likeness (QED) is 0.139. The van der Waals surface area contributed by atoms with E-state index >= 15 is 0 Å². The van der Waals surface area contributed by atoms with Gasteiger partial charge >= 0.3 is 10.5 Å². The molecule has 0 bridgehead atoms. The summed E-state index contributed by atoms with van der Waals surface area (Å²) in [4.78, 5) is 14.9. The van der Waals surface area contributed by atoms with Gasteiger partial charge < -0.3 is 9.13 Å². The van der Waals surface area contributed by atoms with Crippen molar-refractivity contribution >= 4 is 61.5 Å².